The van der Waals surface area contributed by atoms with Crippen molar-refractivity contribution in [1.82, 2.24) is 5.32 Å². The van der Waals surface area contributed by atoms with Gasteiger partial charge in [-0.1, -0.05) is 30.3 Å². The molecule has 28 heavy (non-hydrogen) atoms. The van der Waals surface area contributed by atoms with Crippen LogP contribution < -0.4 is 19.9 Å². The number of rotatable bonds is 8. The van der Waals surface area contributed by atoms with E-state index in [1.165, 1.54) is 30.3 Å². The minimum atomic E-state index is -1.29. The van der Waals surface area contributed by atoms with Crippen molar-refractivity contribution in [2.24, 2.45) is 0 Å². The summed E-state index contributed by atoms with van der Waals surface area (Å²) in [5.41, 5.74) is 1.43. The fraction of sp³-hybridized carbons (Fsp3) is 0.190. The van der Waals surface area contributed by atoms with Gasteiger partial charge in [0.05, 0.1) is 20.2 Å². The molecule has 0 fully saturated rings. The Kier molecular flexibility index (Phi) is 7.17. The average molecular weight is 379 g/mol. The van der Waals surface area contributed by atoms with E-state index >= 15 is 0 Å². The van der Waals surface area contributed by atoms with Crippen LogP contribution in [0.1, 0.15) is 21.5 Å². The van der Waals surface area contributed by atoms with E-state index < -0.39 is 11.9 Å². The smallest absolute Gasteiger partial charge is 0.261 e. The van der Waals surface area contributed by atoms with E-state index in [-0.39, 0.29) is 11.1 Å². The largest absolute Gasteiger partial charge is 0.545 e. The second-order valence-electron chi connectivity index (χ2n) is 5.77. The molecule has 0 heterocycles. The second-order valence-corrected chi connectivity index (χ2v) is 5.77. The van der Waals surface area contributed by atoms with Gasteiger partial charge in [0.1, 0.15) is 11.6 Å². The molecule has 0 radical (unpaired) electrons. The van der Waals surface area contributed by atoms with E-state index in [1.807, 2.05) is 18.2 Å². The summed E-state index contributed by atoms with van der Waals surface area (Å²) in [5, 5.41) is 22.7. The van der Waals surface area contributed by atoms with Gasteiger partial charge in [-0.05, 0) is 41.3 Å². The number of aromatic carboxylic acids is 1. The van der Waals surface area contributed by atoms with Crippen molar-refractivity contribution in [3.63, 3.8) is 0 Å². The van der Waals surface area contributed by atoms with Gasteiger partial charge >= 0.3 is 0 Å². The van der Waals surface area contributed by atoms with E-state index in [0.29, 0.717) is 30.0 Å². The summed E-state index contributed by atoms with van der Waals surface area (Å²) >= 11 is 0. The molecule has 2 rings (SSSR count). The van der Waals surface area contributed by atoms with Crippen LogP contribution >= 0.6 is 0 Å². The summed E-state index contributed by atoms with van der Waals surface area (Å²) < 4.78 is 10.4. The molecule has 2 aromatic carbocycles. The van der Waals surface area contributed by atoms with Crippen LogP contribution in [-0.2, 0) is 11.2 Å². The highest BCUT2D eigenvalue weighted by Crippen LogP contribution is 2.27. The summed E-state index contributed by atoms with van der Waals surface area (Å²) in [6, 6.07) is 13.0. The summed E-state index contributed by atoms with van der Waals surface area (Å²) in [7, 11) is 3.10. The van der Waals surface area contributed by atoms with Crippen LogP contribution in [0.3, 0.4) is 0 Å². The minimum Gasteiger partial charge on any atom is -0.545 e. The first-order valence-corrected chi connectivity index (χ1v) is 8.40. The topological polar surface area (TPSA) is 111 Å². The third-order valence-corrected chi connectivity index (χ3v) is 3.97. The highest BCUT2D eigenvalue weighted by atomic mass is 16.5. The van der Waals surface area contributed by atoms with Gasteiger partial charge in [0.25, 0.3) is 5.91 Å². The van der Waals surface area contributed by atoms with E-state index in [1.54, 1.807) is 20.3 Å². The SMILES string of the molecule is COc1ccc(CCNC(=O)/C(C#N)=C/c2ccc(C(=O)[O-])cc2)cc1OC. The lowest BCUT2D eigenvalue weighted by Gasteiger charge is -2.10. The van der Waals surface area contributed by atoms with Gasteiger partial charge in [-0.3, -0.25) is 4.79 Å². The molecule has 0 aromatic heterocycles. The van der Waals surface area contributed by atoms with Crippen molar-refractivity contribution in [2.75, 3.05) is 20.8 Å². The Morgan fingerprint density at radius 1 is 1.11 bits per heavy atom. The number of carbonyl (C=O) groups excluding carboxylic acids is 2. The van der Waals surface area contributed by atoms with Gasteiger partial charge in [-0.25, -0.2) is 0 Å². The number of nitrogens with one attached hydrogen (secondary N) is 1. The number of benzene rings is 2. The number of methoxy groups -OCH3 is 2. The third-order valence-electron chi connectivity index (χ3n) is 3.97. The van der Waals surface area contributed by atoms with Gasteiger partial charge in [0.2, 0.25) is 0 Å². The first-order valence-electron chi connectivity index (χ1n) is 8.40. The summed E-state index contributed by atoms with van der Waals surface area (Å²) in [5.74, 6) is -0.575. The van der Waals surface area contributed by atoms with E-state index in [4.69, 9.17) is 9.47 Å². The van der Waals surface area contributed by atoms with Crippen molar-refractivity contribution in [3.05, 3.63) is 64.7 Å². The molecule has 0 aliphatic heterocycles. The van der Waals surface area contributed by atoms with Crippen molar-refractivity contribution in [3.8, 4) is 17.6 Å². The number of ether oxygens (including phenoxy) is 2. The number of hydrogen-bond donors (Lipinski definition) is 1. The van der Waals surface area contributed by atoms with Gasteiger partial charge < -0.3 is 24.7 Å². The number of nitriles is 1. The van der Waals surface area contributed by atoms with Gasteiger partial charge in [0.15, 0.2) is 11.5 Å². The Morgan fingerprint density at radius 2 is 1.79 bits per heavy atom. The predicted octanol–water partition coefficient (Wildman–Crippen LogP) is 1.33. The molecule has 0 saturated heterocycles. The predicted molar refractivity (Wildman–Crippen MR) is 101 cm³/mol. The lowest BCUT2D eigenvalue weighted by Crippen LogP contribution is -2.26. The Balaban J connectivity index is 1.99. The fourth-order valence-corrected chi connectivity index (χ4v) is 2.48. The fourth-order valence-electron chi connectivity index (χ4n) is 2.48. The molecule has 0 saturated carbocycles. The maximum atomic E-state index is 12.2. The van der Waals surface area contributed by atoms with Crippen LogP contribution in [0.25, 0.3) is 6.08 Å². The van der Waals surface area contributed by atoms with Crippen molar-refractivity contribution < 1.29 is 24.2 Å². The van der Waals surface area contributed by atoms with Crippen LogP contribution in [0.15, 0.2) is 48.0 Å². The zero-order valence-corrected chi connectivity index (χ0v) is 15.5. The van der Waals surface area contributed by atoms with E-state index in [0.717, 1.165) is 5.56 Å². The zero-order chi connectivity index (χ0) is 20.5. The number of carboxylic acids is 1. The normalized spacial score (nSPS) is 10.7. The van der Waals surface area contributed by atoms with Gasteiger partial charge in [-0.2, -0.15) is 5.26 Å². The van der Waals surface area contributed by atoms with Crippen molar-refractivity contribution >= 4 is 18.0 Å². The number of carboxylic acid groups (broad SMARTS) is 1. The van der Waals surface area contributed by atoms with Crippen LogP contribution in [0.5, 0.6) is 11.5 Å². The molecule has 7 nitrogen and oxygen atoms in total. The van der Waals surface area contributed by atoms with Crippen LogP contribution in [0, 0.1) is 11.3 Å². The zero-order valence-electron chi connectivity index (χ0n) is 15.5. The van der Waals surface area contributed by atoms with E-state index in [2.05, 4.69) is 5.32 Å². The average Bonchev–Trinajstić information content (AvgIpc) is 2.71. The molecular weight excluding hydrogens is 360 g/mol. The van der Waals surface area contributed by atoms with Crippen molar-refractivity contribution in [2.45, 2.75) is 6.42 Å². The van der Waals surface area contributed by atoms with Gasteiger partial charge in [-0.15, -0.1) is 0 Å². The summed E-state index contributed by atoms with van der Waals surface area (Å²) in [6.45, 7) is 0.330. The highest BCUT2D eigenvalue weighted by Gasteiger charge is 2.09. The van der Waals surface area contributed by atoms with Crippen LogP contribution in [0.2, 0.25) is 0 Å². The Labute approximate surface area is 162 Å². The molecule has 7 heteroatoms. The van der Waals surface area contributed by atoms with Gasteiger partial charge in [0, 0.05) is 6.54 Å². The quantitative estimate of drug-likeness (QED) is 0.547. The molecule has 0 atom stereocenters. The maximum absolute atomic E-state index is 12.2. The Hall–Kier alpha value is -3.79. The molecule has 2 aromatic rings. The Morgan fingerprint density at radius 3 is 2.36 bits per heavy atom. The number of hydrogen-bond acceptors (Lipinski definition) is 6. The number of amides is 1. The molecule has 0 bridgehead atoms. The lowest BCUT2D eigenvalue weighted by atomic mass is 10.1. The number of carbonyl (C=O) groups is 2. The minimum absolute atomic E-state index is 0.0232. The summed E-state index contributed by atoms with van der Waals surface area (Å²) in [4.78, 5) is 23.0. The summed E-state index contributed by atoms with van der Waals surface area (Å²) in [6.07, 6.45) is 1.94. The first-order chi connectivity index (χ1) is 13.5. The highest BCUT2D eigenvalue weighted by molar-refractivity contribution is 6.01. The molecule has 1 N–H and O–H groups in total. The molecule has 0 spiro atoms. The number of nitrogens with zero attached hydrogens (tertiary/aromatic N) is 1. The molecule has 1 amide bonds. The van der Waals surface area contributed by atoms with E-state index in [9.17, 15) is 20.0 Å². The molecular formula is C21H19N2O5-. The standard InChI is InChI=1S/C21H20N2O5/c1-27-18-8-5-15(12-19(18)28-2)9-10-23-20(24)17(13-22)11-14-3-6-16(7-4-14)21(25)26/h3-8,11-12H,9-10H2,1-2H3,(H,23,24)(H,25,26)/p-1/b17-11+. The monoisotopic (exact) mass is 379 g/mol. The van der Waals surface area contributed by atoms with Crippen molar-refractivity contribution in [1.29, 1.82) is 5.26 Å². The Bertz CT molecular complexity index is 927. The third kappa shape index (κ3) is 5.35. The lowest BCUT2D eigenvalue weighted by molar-refractivity contribution is -0.255. The first kappa shape index (κ1) is 20.5. The second kappa shape index (κ2) is 9.78. The molecule has 0 aliphatic rings. The molecule has 0 aliphatic carbocycles. The molecule has 0 unspecified atom stereocenters. The molecule has 144 valence electrons. The maximum Gasteiger partial charge on any atom is 0.261 e. The van der Waals surface area contributed by atoms with Crippen LogP contribution in [0.4, 0.5) is 0 Å². The van der Waals surface area contributed by atoms with Crippen LogP contribution in [-0.4, -0.2) is 32.6 Å².